The molecule has 0 aliphatic heterocycles. The summed E-state index contributed by atoms with van der Waals surface area (Å²) in [6, 6.07) is 9.71. The maximum atomic E-state index is 8.96. The first kappa shape index (κ1) is 25.1. The van der Waals surface area contributed by atoms with Gasteiger partial charge >= 0.3 is 59.1 Å². The molecular weight excluding hydrogens is 326 g/mol. The Morgan fingerprint density at radius 3 is 1.71 bits per heavy atom. The maximum Gasteiger partial charge on any atom is 1.00 e. The zero-order chi connectivity index (χ0) is 14.8. The fourth-order valence-corrected chi connectivity index (χ4v) is 1.90. The minimum atomic E-state index is -1.38. The van der Waals surface area contributed by atoms with Crippen molar-refractivity contribution in [2.75, 3.05) is 0 Å². The molecule has 0 rings (SSSR count). The van der Waals surface area contributed by atoms with E-state index >= 15 is 0 Å². The van der Waals surface area contributed by atoms with Gasteiger partial charge in [-0.2, -0.15) is 26.3 Å². The molecule has 0 N–H and O–H groups in total. The van der Waals surface area contributed by atoms with Gasteiger partial charge in [0, 0.05) is 17.2 Å². The predicted molar refractivity (Wildman–Crippen MR) is 66.2 cm³/mol. The van der Waals surface area contributed by atoms with Gasteiger partial charge in [-0.15, -0.1) is 11.8 Å². The number of rotatable bonds is 4. The topological polar surface area (TPSA) is 143 Å². The van der Waals surface area contributed by atoms with Crippen molar-refractivity contribution in [1.29, 1.82) is 31.6 Å². The van der Waals surface area contributed by atoms with E-state index in [1.165, 1.54) is 0 Å². The third kappa shape index (κ3) is 7.62. The Balaban J connectivity index is -0.00000162. The van der Waals surface area contributed by atoms with E-state index in [0.717, 1.165) is 0 Å². The van der Waals surface area contributed by atoms with E-state index in [4.69, 9.17) is 31.6 Å². The van der Waals surface area contributed by atoms with Crippen molar-refractivity contribution >= 4 is 24.4 Å². The van der Waals surface area contributed by atoms with Gasteiger partial charge in [-0.05, 0) is 0 Å². The third-order valence-corrected chi connectivity index (χ3v) is 3.29. The van der Waals surface area contributed by atoms with Crippen LogP contribution in [0.2, 0.25) is 0 Å². The van der Waals surface area contributed by atoms with Crippen molar-refractivity contribution in [1.82, 2.24) is 0 Å². The van der Waals surface area contributed by atoms with Crippen LogP contribution < -0.4 is 59.1 Å². The van der Waals surface area contributed by atoms with Crippen LogP contribution in [-0.4, -0.2) is 5.25 Å². The van der Waals surface area contributed by atoms with E-state index in [0.29, 0.717) is 11.8 Å². The van der Waals surface area contributed by atoms with E-state index in [2.05, 4.69) is 12.6 Å². The van der Waals surface area contributed by atoms with E-state index in [9.17, 15) is 0 Å². The first-order chi connectivity index (χ1) is 9.09. The molecule has 0 aromatic carbocycles. The van der Waals surface area contributed by atoms with E-state index < -0.39 is 11.2 Å². The molecule has 1 atom stereocenters. The molecule has 0 spiro atoms. The van der Waals surface area contributed by atoms with Crippen LogP contribution in [0.4, 0.5) is 0 Å². The zero-order valence-electron chi connectivity index (χ0n) is 11.2. The van der Waals surface area contributed by atoms with Crippen molar-refractivity contribution < 1.29 is 59.1 Å². The van der Waals surface area contributed by atoms with E-state index in [1.807, 2.05) is 0 Å². The first-order valence-electron chi connectivity index (χ1n) is 4.43. The molecule has 1 unspecified atom stereocenters. The van der Waals surface area contributed by atoms with Gasteiger partial charge in [-0.25, -0.2) is 11.2 Å². The Kier molecular flexibility index (Phi) is 16.8. The van der Waals surface area contributed by atoms with Crippen LogP contribution in [0, 0.1) is 79.8 Å². The first-order valence-corrected chi connectivity index (χ1v) is 5.72. The summed E-state index contributed by atoms with van der Waals surface area (Å²) in [6.45, 7) is 0. The van der Waals surface area contributed by atoms with Gasteiger partial charge in [0.05, 0.1) is 23.1 Å². The molecule has 0 aliphatic carbocycles. The van der Waals surface area contributed by atoms with Gasteiger partial charge in [0.25, 0.3) is 0 Å². The quantitative estimate of drug-likeness (QED) is 0.216. The number of nitriles is 6. The van der Waals surface area contributed by atoms with Crippen LogP contribution in [0.5, 0.6) is 0 Å². The summed E-state index contributed by atoms with van der Waals surface area (Å²) in [5, 5.41) is 51.4. The number of thioether (sulfide) groups is 1. The standard InChI is InChI=1S/C11H3N6S2.2Na/c12-1-7(2-13)8(3-14)10(5-16)19-11(6-17)9(18)4-15;;/h7,10,18H;;/q-1;2*+1/p-1/b11-9-;;. The second kappa shape index (κ2) is 14.1. The fourth-order valence-electron chi connectivity index (χ4n) is 0.901. The number of nitrogens with zero attached hydrogens (tertiary/aromatic N) is 6. The summed E-state index contributed by atoms with van der Waals surface area (Å²) in [5.74, 6) is -1.66. The van der Waals surface area contributed by atoms with Crippen LogP contribution in [0.15, 0.2) is 9.81 Å². The molecular formula is C11H2N6Na2S2. The monoisotopic (exact) mass is 328 g/mol. The Morgan fingerprint density at radius 2 is 1.43 bits per heavy atom. The maximum absolute atomic E-state index is 8.96. The molecule has 0 bridgehead atoms. The molecule has 21 heavy (non-hydrogen) atoms. The summed E-state index contributed by atoms with van der Waals surface area (Å²) >= 11 is 5.20. The average Bonchev–Trinajstić information content (AvgIpc) is 2.46. The molecule has 0 saturated heterocycles. The van der Waals surface area contributed by atoms with Crippen molar-refractivity contribution in [2.45, 2.75) is 5.25 Å². The Bertz CT molecular complexity index is 621. The summed E-state index contributed by atoms with van der Waals surface area (Å²) in [5.41, 5.74) is 0. The van der Waals surface area contributed by atoms with Crippen molar-refractivity contribution in [3.8, 4) is 36.4 Å². The molecule has 0 aromatic rings. The Morgan fingerprint density at radius 1 is 0.905 bits per heavy atom. The minimum Gasteiger partial charge on any atom is -0.767 e. The van der Waals surface area contributed by atoms with Gasteiger partial charge in [-0.1, -0.05) is 11.0 Å². The van der Waals surface area contributed by atoms with Crippen LogP contribution in [0.25, 0.3) is 0 Å². The van der Waals surface area contributed by atoms with Gasteiger partial charge in [-0.3, -0.25) is 0 Å². The second-order valence-corrected chi connectivity index (χ2v) is 4.29. The summed E-state index contributed by atoms with van der Waals surface area (Å²) in [6.07, 6.45) is 0. The smallest absolute Gasteiger partial charge is 0.767 e. The molecule has 0 heterocycles. The molecule has 0 saturated carbocycles. The fraction of sp³-hybridized carbons (Fsp3) is 0.182. The summed E-state index contributed by atoms with van der Waals surface area (Å²) in [7, 11) is 0. The Labute approximate surface area is 176 Å². The van der Waals surface area contributed by atoms with Gasteiger partial charge in [0.15, 0.2) is 0 Å². The number of hydrogen-bond donors (Lipinski definition) is 0. The van der Waals surface area contributed by atoms with Gasteiger partial charge < -0.3 is 12.6 Å². The van der Waals surface area contributed by atoms with Gasteiger partial charge in [0.2, 0.25) is 0 Å². The van der Waals surface area contributed by atoms with E-state index in [-0.39, 0.29) is 74.8 Å². The van der Waals surface area contributed by atoms with Crippen LogP contribution >= 0.6 is 11.8 Å². The van der Waals surface area contributed by atoms with Crippen molar-refractivity contribution in [2.24, 2.45) is 5.92 Å². The number of hydrogen-bond acceptors (Lipinski definition) is 8. The SMILES string of the molecule is N#C/C([S-])=C(\C#N)SC(C#N)[C-](C#N)C(C#N)C#N.[Na+].[Na+]. The van der Waals surface area contributed by atoms with E-state index in [1.54, 1.807) is 36.4 Å². The molecule has 90 valence electrons. The largest absolute Gasteiger partial charge is 1.00 e. The normalized spacial score (nSPS) is 10.2. The minimum absolute atomic E-state index is 0. The van der Waals surface area contributed by atoms with Crippen LogP contribution in [-0.2, 0) is 12.6 Å². The molecule has 10 heteroatoms. The number of allylic oxidation sites excluding steroid dienone is 2. The van der Waals surface area contributed by atoms with Crippen molar-refractivity contribution in [3.05, 3.63) is 15.7 Å². The zero-order valence-corrected chi connectivity index (χ0v) is 16.8. The van der Waals surface area contributed by atoms with Crippen LogP contribution in [0.3, 0.4) is 0 Å². The molecule has 0 aromatic heterocycles. The van der Waals surface area contributed by atoms with Crippen LogP contribution in [0.1, 0.15) is 0 Å². The predicted octanol–water partition coefficient (Wildman–Crippen LogP) is -4.81. The summed E-state index contributed by atoms with van der Waals surface area (Å²) in [4.78, 5) is -0.512. The average molecular weight is 328 g/mol. The Hall–Kier alpha value is -0.880. The molecule has 0 aliphatic rings. The molecule has 0 amide bonds. The third-order valence-electron chi connectivity index (χ3n) is 1.74. The second-order valence-electron chi connectivity index (χ2n) is 2.77. The van der Waals surface area contributed by atoms with Gasteiger partial charge in [0.1, 0.15) is 6.07 Å². The molecule has 0 fully saturated rings. The molecule has 6 nitrogen and oxygen atoms in total. The van der Waals surface area contributed by atoms with Crippen molar-refractivity contribution in [3.63, 3.8) is 0 Å². The summed E-state index contributed by atoms with van der Waals surface area (Å²) < 4.78 is 0. The molecule has 0 radical (unpaired) electrons.